The number of nitrogens with zero attached hydrogens (tertiary/aromatic N) is 1. The average molecular weight is 266 g/mol. The van der Waals surface area contributed by atoms with Crippen LogP contribution in [0.4, 0.5) is 0 Å². The molecule has 112 valence electrons. The molecule has 3 atom stereocenters. The van der Waals surface area contributed by atoms with Gasteiger partial charge in [0.2, 0.25) is 0 Å². The summed E-state index contributed by atoms with van der Waals surface area (Å²) in [6, 6.07) is 0.445. The van der Waals surface area contributed by atoms with Gasteiger partial charge < -0.3 is 10.6 Å². The Labute approximate surface area is 120 Å². The minimum Gasteiger partial charge on any atom is -0.327 e. The predicted octanol–water partition coefficient (Wildman–Crippen LogP) is 3.51. The fourth-order valence-electron chi connectivity index (χ4n) is 4.25. The van der Waals surface area contributed by atoms with E-state index < -0.39 is 0 Å². The Bertz CT molecular complexity index is 258. The van der Waals surface area contributed by atoms with E-state index in [2.05, 4.69) is 25.8 Å². The van der Waals surface area contributed by atoms with E-state index in [0.29, 0.717) is 6.04 Å². The smallest absolute Gasteiger partial charge is 0.00795 e. The van der Waals surface area contributed by atoms with Crippen LogP contribution >= 0.6 is 0 Å². The molecule has 0 aromatic carbocycles. The van der Waals surface area contributed by atoms with Crippen molar-refractivity contribution in [1.82, 2.24) is 4.90 Å². The first-order valence-corrected chi connectivity index (χ1v) is 8.50. The summed E-state index contributed by atoms with van der Waals surface area (Å²) in [5, 5.41) is 0. The minimum absolute atomic E-state index is 0.445. The normalized spacial score (nSPS) is 33.5. The Balaban J connectivity index is 1.78. The first-order valence-electron chi connectivity index (χ1n) is 8.50. The highest BCUT2D eigenvalue weighted by Gasteiger charge is 2.30. The number of rotatable bonds is 5. The fourth-order valence-corrected chi connectivity index (χ4v) is 4.25. The molecule has 2 N–H and O–H groups in total. The Morgan fingerprint density at radius 3 is 2.37 bits per heavy atom. The van der Waals surface area contributed by atoms with Crippen molar-refractivity contribution in [3.8, 4) is 0 Å². The van der Waals surface area contributed by atoms with Crippen molar-refractivity contribution in [3.63, 3.8) is 0 Å². The molecule has 2 nitrogen and oxygen atoms in total. The van der Waals surface area contributed by atoms with E-state index in [0.717, 1.165) is 23.7 Å². The SMILES string of the molecule is CC(C)C1CCC(N)C(CN(C)CC2CCCC2)C1. The lowest BCUT2D eigenvalue weighted by molar-refractivity contribution is 0.141. The van der Waals surface area contributed by atoms with Crippen LogP contribution in [0.1, 0.15) is 58.8 Å². The van der Waals surface area contributed by atoms with Gasteiger partial charge in [0.05, 0.1) is 0 Å². The van der Waals surface area contributed by atoms with Gasteiger partial charge in [-0.05, 0) is 62.8 Å². The highest BCUT2D eigenvalue weighted by Crippen LogP contribution is 2.34. The van der Waals surface area contributed by atoms with Crippen LogP contribution in [0, 0.1) is 23.7 Å². The van der Waals surface area contributed by atoms with Crippen LogP contribution in [-0.4, -0.2) is 31.1 Å². The average Bonchev–Trinajstić information content (AvgIpc) is 2.84. The monoisotopic (exact) mass is 266 g/mol. The molecule has 2 saturated carbocycles. The lowest BCUT2D eigenvalue weighted by atomic mass is 9.73. The van der Waals surface area contributed by atoms with Crippen LogP contribution in [0.2, 0.25) is 0 Å². The first kappa shape index (κ1) is 15.3. The third-order valence-corrected chi connectivity index (χ3v) is 5.62. The molecule has 2 heteroatoms. The Kier molecular flexibility index (Phi) is 5.70. The largest absolute Gasteiger partial charge is 0.327 e. The van der Waals surface area contributed by atoms with Gasteiger partial charge in [0.1, 0.15) is 0 Å². The summed E-state index contributed by atoms with van der Waals surface area (Å²) >= 11 is 0. The molecule has 2 fully saturated rings. The summed E-state index contributed by atoms with van der Waals surface area (Å²) in [6.45, 7) is 7.28. The lowest BCUT2D eigenvalue weighted by Gasteiger charge is -2.38. The molecule has 0 aromatic heterocycles. The summed E-state index contributed by atoms with van der Waals surface area (Å²) in [5.41, 5.74) is 6.37. The summed E-state index contributed by atoms with van der Waals surface area (Å²) in [5.74, 6) is 3.43. The zero-order chi connectivity index (χ0) is 13.8. The van der Waals surface area contributed by atoms with Crippen molar-refractivity contribution in [2.75, 3.05) is 20.1 Å². The third-order valence-electron chi connectivity index (χ3n) is 5.62. The molecule has 0 spiro atoms. The van der Waals surface area contributed by atoms with Crippen LogP contribution in [0.25, 0.3) is 0 Å². The van der Waals surface area contributed by atoms with E-state index in [1.165, 1.54) is 58.0 Å². The Morgan fingerprint density at radius 2 is 1.74 bits per heavy atom. The quantitative estimate of drug-likeness (QED) is 0.825. The lowest BCUT2D eigenvalue weighted by Crippen LogP contribution is -2.43. The first-order chi connectivity index (χ1) is 9.06. The summed E-state index contributed by atoms with van der Waals surface area (Å²) in [7, 11) is 2.31. The molecule has 2 aliphatic carbocycles. The zero-order valence-corrected chi connectivity index (χ0v) is 13.3. The zero-order valence-electron chi connectivity index (χ0n) is 13.3. The van der Waals surface area contributed by atoms with Crippen molar-refractivity contribution in [3.05, 3.63) is 0 Å². The second-order valence-electron chi connectivity index (χ2n) is 7.61. The Hall–Kier alpha value is -0.0800. The number of hydrogen-bond donors (Lipinski definition) is 1. The van der Waals surface area contributed by atoms with Gasteiger partial charge in [0.15, 0.2) is 0 Å². The summed E-state index contributed by atoms with van der Waals surface area (Å²) in [4.78, 5) is 2.57. The highest BCUT2D eigenvalue weighted by atomic mass is 15.1. The Morgan fingerprint density at radius 1 is 1.05 bits per heavy atom. The maximum atomic E-state index is 6.37. The van der Waals surface area contributed by atoms with Crippen LogP contribution in [0.5, 0.6) is 0 Å². The van der Waals surface area contributed by atoms with Crippen molar-refractivity contribution in [2.24, 2.45) is 29.4 Å². The van der Waals surface area contributed by atoms with Crippen molar-refractivity contribution in [2.45, 2.75) is 64.8 Å². The second kappa shape index (κ2) is 7.08. The molecule has 0 heterocycles. The maximum absolute atomic E-state index is 6.37. The van der Waals surface area contributed by atoms with Gasteiger partial charge in [-0.1, -0.05) is 26.7 Å². The van der Waals surface area contributed by atoms with Gasteiger partial charge >= 0.3 is 0 Å². The van der Waals surface area contributed by atoms with Crippen LogP contribution in [0.15, 0.2) is 0 Å². The van der Waals surface area contributed by atoms with Crippen LogP contribution < -0.4 is 5.73 Å². The second-order valence-corrected chi connectivity index (χ2v) is 7.61. The highest BCUT2D eigenvalue weighted by molar-refractivity contribution is 4.85. The van der Waals surface area contributed by atoms with E-state index in [-0.39, 0.29) is 0 Å². The van der Waals surface area contributed by atoms with Gasteiger partial charge in [-0.25, -0.2) is 0 Å². The van der Waals surface area contributed by atoms with Gasteiger partial charge in [-0.15, -0.1) is 0 Å². The minimum atomic E-state index is 0.445. The third kappa shape index (κ3) is 4.46. The maximum Gasteiger partial charge on any atom is 0.00795 e. The molecular weight excluding hydrogens is 232 g/mol. The molecule has 0 bridgehead atoms. The van der Waals surface area contributed by atoms with Gasteiger partial charge in [-0.3, -0.25) is 0 Å². The van der Waals surface area contributed by atoms with Crippen molar-refractivity contribution < 1.29 is 0 Å². The van der Waals surface area contributed by atoms with E-state index >= 15 is 0 Å². The summed E-state index contributed by atoms with van der Waals surface area (Å²) in [6.07, 6.45) is 9.76. The fraction of sp³-hybridized carbons (Fsp3) is 1.00. The molecule has 0 aliphatic heterocycles. The van der Waals surface area contributed by atoms with Crippen LogP contribution in [0.3, 0.4) is 0 Å². The predicted molar refractivity (Wildman–Crippen MR) is 83.1 cm³/mol. The topological polar surface area (TPSA) is 29.3 Å². The number of nitrogens with two attached hydrogens (primary N) is 1. The molecule has 0 aromatic rings. The van der Waals surface area contributed by atoms with Gasteiger partial charge in [-0.2, -0.15) is 0 Å². The van der Waals surface area contributed by atoms with Gasteiger partial charge in [0, 0.05) is 19.1 Å². The van der Waals surface area contributed by atoms with Crippen LogP contribution in [-0.2, 0) is 0 Å². The molecule has 19 heavy (non-hydrogen) atoms. The van der Waals surface area contributed by atoms with E-state index in [9.17, 15) is 0 Å². The molecule has 0 saturated heterocycles. The molecular formula is C17H34N2. The summed E-state index contributed by atoms with van der Waals surface area (Å²) < 4.78 is 0. The van der Waals surface area contributed by atoms with Crippen molar-refractivity contribution >= 4 is 0 Å². The standard InChI is InChI=1S/C17H34N2/c1-13(2)15-8-9-17(18)16(10-15)12-19(3)11-14-6-4-5-7-14/h13-17H,4-12,18H2,1-3H3. The molecule has 2 aliphatic rings. The molecule has 3 unspecified atom stereocenters. The number of hydrogen-bond acceptors (Lipinski definition) is 2. The van der Waals surface area contributed by atoms with E-state index in [1.54, 1.807) is 0 Å². The van der Waals surface area contributed by atoms with Crippen molar-refractivity contribution in [1.29, 1.82) is 0 Å². The molecule has 0 amide bonds. The van der Waals surface area contributed by atoms with E-state index in [1.807, 2.05) is 0 Å². The van der Waals surface area contributed by atoms with Gasteiger partial charge in [0.25, 0.3) is 0 Å². The van der Waals surface area contributed by atoms with E-state index in [4.69, 9.17) is 5.73 Å². The molecule has 0 radical (unpaired) electrons. The molecule has 2 rings (SSSR count).